The molecule has 1 aliphatic heterocycles. The molecule has 29 heavy (non-hydrogen) atoms. The van der Waals surface area contributed by atoms with Gasteiger partial charge in [-0.2, -0.15) is 0 Å². The molecule has 1 aromatic heterocycles. The van der Waals surface area contributed by atoms with E-state index < -0.39 is 0 Å². The zero-order valence-corrected chi connectivity index (χ0v) is 17.5. The summed E-state index contributed by atoms with van der Waals surface area (Å²) in [5, 5.41) is 4.03. The first-order valence-electron chi connectivity index (χ1n) is 10.4. The number of piperazine rings is 1. The predicted octanol–water partition coefficient (Wildman–Crippen LogP) is 4.37. The fourth-order valence-electron chi connectivity index (χ4n) is 3.98. The van der Waals surface area contributed by atoms with Crippen LogP contribution in [0, 0.1) is 13.8 Å². The van der Waals surface area contributed by atoms with Gasteiger partial charge in [-0.05, 0) is 55.8 Å². The van der Waals surface area contributed by atoms with Gasteiger partial charge in [0.2, 0.25) is 5.91 Å². The lowest BCUT2D eigenvalue weighted by molar-refractivity contribution is -0.115. The van der Waals surface area contributed by atoms with Gasteiger partial charge in [-0.25, -0.2) is 0 Å². The number of carbonyl (C=O) groups excluding carboxylic acids is 1. The van der Waals surface area contributed by atoms with Crippen molar-refractivity contribution in [1.82, 2.24) is 4.90 Å². The molecule has 1 fully saturated rings. The van der Waals surface area contributed by atoms with Crippen LogP contribution in [0.25, 0.3) is 11.0 Å². The maximum Gasteiger partial charge on any atom is 0.228 e. The summed E-state index contributed by atoms with van der Waals surface area (Å²) >= 11 is 0. The van der Waals surface area contributed by atoms with E-state index in [0.29, 0.717) is 6.42 Å². The Balaban J connectivity index is 1.38. The van der Waals surface area contributed by atoms with Crippen molar-refractivity contribution in [3.63, 3.8) is 0 Å². The number of nitrogens with zero attached hydrogens (tertiary/aromatic N) is 2. The number of furan rings is 1. The number of aryl methyl sites for hydroxylation is 2. The average Bonchev–Trinajstić information content (AvgIpc) is 3.14. The van der Waals surface area contributed by atoms with Crippen LogP contribution in [0.5, 0.6) is 0 Å². The molecule has 2 aromatic carbocycles. The van der Waals surface area contributed by atoms with Crippen LogP contribution in [-0.2, 0) is 11.2 Å². The van der Waals surface area contributed by atoms with E-state index in [2.05, 4.69) is 54.1 Å². The van der Waals surface area contributed by atoms with E-state index in [4.69, 9.17) is 4.42 Å². The Morgan fingerprint density at radius 3 is 2.45 bits per heavy atom. The Labute approximate surface area is 172 Å². The van der Waals surface area contributed by atoms with Crippen molar-refractivity contribution in [2.75, 3.05) is 42.9 Å². The number of amides is 1. The van der Waals surface area contributed by atoms with Gasteiger partial charge in [-0.3, -0.25) is 4.79 Å². The van der Waals surface area contributed by atoms with Crippen LogP contribution in [0.15, 0.2) is 47.1 Å². The Kier molecular flexibility index (Phi) is 5.58. The van der Waals surface area contributed by atoms with Gasteiger partial charge in [0.1, 0.15) is 5.58 Å². The molecule has 0 aliphatic carbocycles. The molecule has 1 amide bonds. The molecule has 1 aliphatic rings. The molecular formula is C24H29N3O2. The molecule has 1 N–H and O–H groups in total. The number of carbonyl (C=O) groups is 1. The van der Waals surface area contributed by atoms with Crippen LogP contribution in [0.3, 0.4) is 0 Å². The summed E-state index contributed by atoms with van der Waals surface area (Å²) in [5.41, 5.74) is 6.16. The van der Waals surface area contributed by atoms with Crippen molar-refractivity contribution in [3.8, 4) is 0 Å². The predicted molar refractivity (Wildman–Crippen MR) is 119 cm³/mol. The minimum Gasteiger partial charge on any atom is -0.464 e. The molecule has 5 heteroatoms. The topological polar surface area (TPSA) is 48.7 Å². The largest absolute Gasteiger partial charge is 0.464 e. The monoisotopic (exact) mass is 391 g/mol. The molecule has 152 valence electrons. The summed E-state index contributed by atoms with van der Waals surface area (Å²) in [7, 11) is 0. The van der Waals surface area contributed by atoms with E-state index in [1.807, 2.05) is 18.2 Å². The SMILES string of the molecule is CCN1CCN(c2ccc(NC(=O)Cc3coc4c(C)c(C)ccc34)cc2)CC1. The lowest BCUT2D eigenvalue weighted by Crippen LogP contribution is -2.46. The van der Waals surface area contributed by atoms with Crippen LogP contribution >= 0.6 is 0 Å². The maximum absolute atomic E-state index is 12.6. The Morgan fingerprint density at radius 2 is 1.76 bits per heavy atom. The zero-order valence-electron chi connectivity index (χ0n) is 17.5. The normalized spacial score (nSPS) is 15.1. The average molecular weight is 392 g/mol. The van der Waals surface area contributed by atoms with Gasteiger partial charge in [0.15, 0.2) is 0 Å². The van der Waals surface area contributed by atoms with Gasteiger partial charge in [0, 0.05) is 48.5 Å². The lowest BCUT2D eigenvalue weighted by Gasteiger charge is -2.35. The van der Waals surface area contributed by atoms with Gasteiger partial charge in [0.25, 0.3) is 0 Å². The first-order chi connectivity index (χ1) is 14.0. The molecule has 1 saturated heterocycles. The molecular weight excluding hydrogens is 362 g/mol. The quantitative estimate of drug-likeness (QED) is 0.702. The molecule has 0 atom stereocenters. The second-order valence-corrected chi connectivity index (χ2v) is 7.84. The molecule has 3 aromatic rings. The van der Waals surface area contributed by atoms with Crippen molar-refractivity contribution in [3.05, 3.63) is 59.4 Å². The van der Waals surface area contributed by atoms with E-state index in [0.717, 1.165) is 60.5 Å². The van der Waals surface area contributed by atoms with Gasteiger partial charge in [-0.1, -0.05) is 19.1 Å². The van der Waals surface area contributed by atoms with Gasteiger partial charge < -0.3 is 19.5 Å². The highest BCUT2D eigenvalue weighted by atomic mass is 16.3. The first kappa shape index (κ1) is 19.5. The molecule has 0 saturated carbocycles. The number of hydrogen-bond donors (Lipinski definition) is 1. The summed E-state index contributed by atoms with van der Waals surface area (Å²) in [6.07, 6.45) is 2.01. The van der Waals surface area contributed by atoms with Gasteiger partial charge >= 0.3 is 0 Å². The lowest BCUT2D eigenvalue weighted by atomic mass is 10.0. The third-order valence-corrected chi connectivity index (χ3v) is 6.03. The third-order valence-electron chi connectivity index (χ3n) is 6.03. The summed E-state index contributed by atoms with van der Waals surface area (Å²) in [5.74, 6) is -0.0322. The second kappa shape index (κ2) is 8.29. The number of likely N-dealkylation sites (N-methyl/N-ethyl adjacent to an activating group) is 1. The van der Waals surface area contributed by atoms with Crippen molar-refractivity contribution >= 4 is 28.3 Å². The standard InChI is InChI=1S/C24H29N3O2/c1-4-26-11-13-27(14-12-26)21-8-6-20(7-9-21)25-23(28)15-19-16-29-24-18(3)17(2)5-10-22(19)24/h5-10,16H,4,11-15H2,1-3H3,(H,25,28). The summed E-state index contributed by atoms with van der Waals surface area (Å²) < 4.78 is 5.72. The van der Waals surface area contributed by atoms with E-state index in [9.17, 15) is 4.79 Å². The third kappa shape index (κ3) is 4.15. The number of nitrogens with one attached hydrogen (secondary N) is 1. The van der Waals surface area contributed by atoms with E-state index in [1.165, 1.54) is 11.3 Å². The minimum atomic E-state index is -0.0322. The van der Waals surface area contributed by atoms with Crippen LogP contribution < -0.4 is 10.2 Å². The molecule has 2 heterocycles. The number of benzene rings is 2. The highest BCUT2D eigenvalue weighted by Crippen LogP contribution is 2.27. The summed E-state index contributed by atoms with van der Waals surface area (Å²) in [6.45, 7) is 11.7. The Hall–Kier alpha value is -2.79. The van der Waals surface area contributed by atoms with Crippen molar-refractivity contribution in [2.45, 2.75) is 27.2 Å². The highest BCUT2D eigenvalue weighted by Gasteiger charge is 2.16. The number of fused-ring (bicyclic) bond motifs is 1. The van der Waals surface area contributed by atoms with Crippen LogP contribution in [0.2, 0.25) is 0 Å². The van der Waals surface area contributed by atoms with E-state index in [-0.39, 0.29) is 5.91 Å². The molecule has 5 nitrogen and oxygen atoms in total. The Bertz CT molecular complexity index is 999. The molecule has 0 radical (unpaired) electrons. The summed E-state index contributed by atoms with van der Waals surface area (Å²) in [6, 6.07) is 12.3. The summed E-state index contributed by atoms with van der Waals surface area (Å²) in [4.78, 5) is 17.4. The van der Waals surface area contributed by atoms with E-state index in [1.54, 1.807) is 6.26 Å². The minimum absolute atomic E-state index is 0.0322. The van der Waals surface area contributed by atoms with Crippen molar-refractivity contribution in [2.24, 2.45) is 0 Å². The number of hydrogen-bond acceptors (Lipinski definition) is 4. The fourth-order valence-corrected chi connectivity index (χ4v) is 3.98. The second-order valence-electron chi connectivity index (χ2n) is 7.84. The molecule has 0 unspecified atom stereocenters. The Morgan fingerprint density at radius 1 is 1.03 bits per heavy atom. The molecule has 4 rings (SSSR count). The highest BCUT2D eigenvalue weighted by molar-refractivity contribution is 5.96. The smallest absolute Gasteiger partial charge is 0.228 e. The molecule has 0 spiro atoms. The maximum atomic E-state index is 12.6. The molecule has 0 bridgehead atoms. The van der Waals surface area contributed by atoms with Crippen molar-refractivity contribution in [1.29, 1.82) is 0 Å². The van der Waals surface area contributed by atoms with Crippen LogP contribution in [0.4, 0.5) is 11.4 Å². The van der Waals surface area contributed by atoms with Crippen LogP contribution in [-0.4, -0.2) is 43.5 Å². The van der Waals surface area contributed by atoms with Crippen molar-refractivity contribution < 1.29 is 9.21 Å². The fraction of sp³-hybridized carbons (Fsp3) is 0.375. The first-order valence-corrected chi connectivity index (χ1v) is 10.4. The van der Waals surface area contributed by atoms with Gasteiger partial charge in [0.05, 0.1) is 12.7 Å². The number of anilines is 2. The van der Waals surface area contributed by atoms with E-state index >= 15 is 0 Å². The zero-order chi connectivity index (χ0) is 20.4. The van der Waals surface area contributed by atoms with Gasteiger partial charge in [-0.15, -0.1) is 0 Å². The number of rotatable bonds is 5. The van der Waals surface area contributed by atoms with Crippen LogP contribution in [0.1, 0.15) is 23.6 Å².